The monoisotopic (exact) mass is 431 g/mol. The van der Waals surface area contributed by atoms with Gasteiger partial charge in [0.1, 0.15) is 5.75 Å². The topological polar surface area (TPSA) is 48.0 Å². The highest BCUT2D eigenvalue weighted by Crippen LogP contribution is 2.43. The zero-order chi connectivity index (χ0) is 22.7. The van der Waals surface area contributed by atoms with E-state index in [4.69, 9.17) is 14.2 Å². The van der Waals surface area contributed by atoms with Crippen molar-refractivity contribution in [2.45, 2.75) is 33.2 Å². The Bertz CT molecular complexity index is 1110. The Balaban J connectivity index is 1.91. The number of fused-ring (bicyclic) bond motifs is 1. The van der Waals surface area contributed by atoms with Gasteiger partial charge in [-0.05, 0) is 73.9 Å². The van der Waals surface area contributed by atoms with Crippen LogP contribution in [-0.2, 0) is 11.2 Å². The molecular weight excluding hydrogens is 402 g/mol. The van der Waals surface area contributed by atoms with Gasteiger partial charge in [0.2, 0.25) is 5.91 Å². The fourth-order valence-corrected chi connectivity index (χ4v) is 4.30. The predicted molar refractivity (Wildman–Crippen MR) is 126 cm³/mol. The molecule has 0 unspecified atom stereocenters. The summed E-state index contributed by atoms with van der Waals surface area (Å²) in [6.07, 6.45) is 0.302. The van der Waals surface area contributed by atoms with Crippen molar-refractivity contribution in [2.24, 2.45) is 0 Å². The van der Waals surface area contributed by atoms with E-state index in [-0.39, 0.29) is 11.9 Å². The van der Waals surface area contributed by atoms with E-state index in [1.807, 2.05) is 61.2 Å². The largest absolute Gasteiger partial charge is 0.497 e. The molecule has 5 nitrogen and oxygen atoms in total. The van der Waals surface area contributed by atoms with Crippen LogP contribution in [0.25, 0.3) is 0 Å². The Morgan fingerprint density at radius 1 is 0.938 bits per heavy atom. The van der Waals surface area contributed by atoms with Crippen molar-refractivity contribution in [3.63, 3.8) is 0 Å². The lowest BCUT2D eigenvalue weighted by Gasteiger charge is -2.38. The molecule has 166 valence electrons. The molecular formula is C27H29NO4. The quantitative estimate of drug-likeness (QED) is 0.497. The van der Waals surface area contributed by atoms with E-state index in [0.29, 0.717) is 31.1 Å². The number of nitrogens with zero attached hydrogens (tertiary/aromatic N) is 1. The van der Waals surface area contributed by atoms with Gasteiger partial charge in [0.25, 0.3) is 0 Å². The second-order valence-electron chi connectivity index (χ2n) is 7.82. The van der Waals surface area contributed by atoms with Gasteiger partial charge >= 0.3 is 0 Å². The third kappa shape index (κ3) is 4.15. The third-order valence-electron chi connectivity index (χ3n) is 5.68. The first-order valence-electron chi connectivity index (χ1n) is 11.0. The first kappa shape index (κ1) is 21.8. The van der Waals surface area contributed by atoms with E-state index < -0.39 is 0 Å². The number of methoxy groups -OCH3 is 1. The molecule has 5 heteroatoms. The van der Waals surface area contributed by atoms with Gasteiger partial charge in [-0.15, -0.1) is 0 Å². The second-order valence-corrected chi connectivity index (χ2v) is 7.82. The van der Waals surface area contributed by atoms with Gasteiger partial charge in [-0.3, -0.25) is 4.79 Å². The molecule has 32 heavy (non-hydrogen) atoms. The number of ether oxygens (including phenoxy) is 3. The first-order valence-corrected chi connectivity index (χ1v) is 11.0. The summed E-state index contributed by atoms with van der Waals surface area (Å²) in [5.41, 5.74) is 5.06. The summed E-state index contributed by atoms with van der Waals surface area (Å²) in [6, 6.07) is 19.7. The fraction of sp³-hybridized carbons (Fsp3) is 0.296. The Kier molecular flexibility index (Phi) is 6.35. The average Bonchev–Trinajstić information content (AvgIpc) is 2.79. The van der Waals surface area contributed by atoms with Crippen LogP contribution in [0.3, 0.4) is 0 Å². The van der Waals surface area contributed by atoms with E-state index in [0.717, 1.165) is 33.7 Å². The van der Waals surface area contributed by atoms with E-state index >= 15 is 0 Å². The van der Waals surface area contributed by atoms with Crippen LogP contribution in [0, 0.1) is 6.92 Å². The van der Waals surface area contributed by atoms with Gasteiger partial charge in [0.15, 0.2) is 11.5 Å². The lowest BCUT2D eigenvalue weighted by molar-refractivity contribution is -0.118. The molecule has 1 aliphatic rings. The Morgan fingerprint density at radius 3 is 2.25 bits per heavy atom. The van der Waals surface area contributed by atoms with Crippen molar-refractivity contribution in [2.75, 3.05) is 25.2 Å². The average molecular weight is 432 g/mol. The lowest BCUT2D eigenvalue weighted by atomic mass is 9.86. The highest BCUT2D eigenvalue weighted by atomic mass is 16.5. The molecule has 3 aromatic rings. The third-order valence-corrected chi connectivity index (χ3v) is 5.68. The van der Waals surface area contributed by atoms with Gasteiger partial charge in [0, 0.05) is 5.69 Å². The maximum absolute atomic E-state index is 13.5. The van der Waals surface area contributed by atoms with Gasteiger partial charge in [-0.2, -0.15) is 0 Å². The molecule has 0 aliphatic carbocycles. The highest BCUT2D eigenvalue weighted by Gasteiger charge is 2.36. The molecule has 0 radical (unpaired) electrons. The Morgan fingerprint density at radius 2 is 1.62 bits per heavy atom. The van der Waals surface area contributed by atoms with Crippen LogP contribution in [0.15, 0.2) is 60.7 Å². The van der Waals surface area contributed by atoms with Crippen molar-refractivity contribution in [1.82, 2.24) is 0 Å². The highest BCUT2D eigenvalue weighted by molar-refractivity contribution is 5.98. The van der Waals surface area contributed by atoms with Crippen molar-refractivity contribution < 1.29 is 19.0 Å². The number of hydrogen-bond acceptors (Lipinski definition) is 4. The zero-order valence-corrected chi connectivity index (χ0v) is 19.1. The van der Waals surface area contributed by atoms with Crippen molar-refractivity contribution in [1.29, 1.82) is 0 Å². The number of carbonyl (C=O) groups excluding carboxylic acids is 1. The number of aryl methyl sites for hydroxylation is 1. The zero-order valence-electron chi connectivity index (χ0n) is 19.1. The minimum absolute atomic E-state index is 0.0424. The molecule has 1 atom stereocenters. The molecule has 1 aliphatic heterocycles. The number of anilines is 1. The molecule has 1 heterocycles. The number of hydrogen-bond donors (Lipinski definition) is 0. The van der Waals surface area contributed by atoms with Crippen LogP contribution >= 0.6 is 0 Å². The summed E-state index contributed by atoms with van der Waals surface area (Å²) in [5, 5.41) is 0. The maximum Gasteiger partial charge on any atom is 0.232 e. The minimum atomic E-state index is -0.269. The van der Waals surface area contributed by atoms with Gasteiger partial charge in [-0.1, -0.05) is 29.8 Å². The molecule has 0 saturated heterocycles. The molecule has 0 saturated carbocycles. The van der Waals surface area contributed by atoms with Gasteiger partial charge in [0.05, 0.1) is 32.8 Å². The molecule has 3 aromatic carbocycles. The van der Waals surface area contributed by atoms with Crippen LogP contribution in [0.5, 0.6) is 17.2 Å². The second kappa shape index (κ2) is 9.35. The molecule has 0 aromatic heterocycles. The number of amides is 1. The maximum atomic E-state index is 13.5. The molecule has 0 bridgehead atoms. The van der Waals surface area contributed by atoms with E-state index in [1.165, 1.54) is 0 Å². The summed E-state index contributed by atoms with van der Waals surface area (Å²) in [4.78, 5) is 15.4. The van der Waals surface area contributed by atoms with E-state index in [2.05, 4.69) is 25.1 Å². The SMILES string of the molecule is CCOc1cc2c(cc1OCC)[C@H](c1cccc(C)c1)N(c1ccc(OC)cc1)C(=O)C2. The molecule has 1 amide bonds. The number of carbonyl (C=O) groups is 1. The first-order chi connectivity index (χ1) is 15.5. The summed E-state index contributed by atoms with van der Waals surface area (Å²) >= 11 is 0. The van der Waals surface area contributed by atoms with Crippen LogP contribution < -0.4 is 19.1 Å². The fourth-order valence-electron chi connectivity index (χ4n) is 4.30. The summed E-state index contributed by atoms with van der Waals surface area (Å²) < 4.78 is 17.1. The minimum Gasteiger partial charge on any atom is -0.497 e. The number of rotatable bonds is 7. The van der Waals surface area contributed by atoms with Crippen LogP contribution in [0.1, 0.15) is 42.1 Å². The smallest absolute Gasteiger partial charge is 0.232 e. The van der Waals surface area contributed by atoms with Gasteiger partial charge < -0.3 is 19.1 Å². The van der Waals surface area contributed by atoms with Crippen molar-refractivity contribution in [3.05, 3.63) is 82.9 Å². The molecule has 4 rings (SSSR count). The van der Waals surface area contributed by atoms with Crippen molar-refractivity contribution in [3.8, 4) is 17.2 Å². The molecule has 0 N–H and O–H groups in total. The standard InChI is InChI=1S/C27H29NO4/c1-5-31-24-15-20-16-26(29)28(21-10-12-22(30-4)13-11-21)27(19-9-7-8-18(3)14-19)23(20)17-25(24)32-6-2/h7-15,17,27H,5-6,16H2,1-4H3/t27-/m0/s1. The Labute approximate surface area is 189 Å². The number of benzene rings is 3. The predicted octanol–water partition coefficient (Wildman–Crippen LogP) is 5.48. The van der Waals surface area contributed by atoms with Crippen molar-refractivity contribution >= 4 is 11.6 Å². The van der Waals surface area contributed by atoms with Crippen LogP contribution in [0.2, 0.25) is 0 Å². The van der Waals surface area contributed by atoms with Crippen LogP contribution in [-0.4, -0.2) is 26.2 Å². The summed E-state index contributed by atoms with van der Waals surface area (Å²) in [7, 11) is 1.64. The Hall–Kier alpha value is -3.47. The van der Waals surface area contributed by atoms with Gasteiger partial charge in [-0.25, -0.2) is 0 Å². The lowest BCUT2D eigenvalue weighted by Crippen LogP contribution is -2.41. The molecule has 0 fully saturated rings. The van der Waals surface area contributed by atoms with Crippen LogP contribution in [0.4, 0.5) is 5.69 Å². The molecule has 0 spiro atoms. The normalized spacial score (nSPS) is 15.3. The summed E-state index contributed by atoms with van der Waals surface area (Å²) in [6.45, 7) is 7.04. The van der Waals surface area contributed by atoms with E-state index in [1.54, 1.807) is 7.11 Å². The summed E-state index contributed by atoms with van der Waals surface area (Å²) in [5.74, 6) is 2.18. The van der Waals surface area contributed by atoms with E-state index in [9.17, 15) is 4.79 Å².